The molecule has 1 N–H and O–H groups in total. The molecule has 4 nitrogen and oxygen atoms in total. The van der Waals surface area contributed by atoms with Gasteiger partial charge in [0.1, 0.15) is 0 Å². The third-order valence-electron chi connectivity index (χ3n) is 3.07. The van der Waals surface area contributed by atoms with Crippen LogP contribution < -0.4 is 5.32 Å². The van der Waals surface area contributed by atoms with Gasteiger partial charge < -0.3 is 14.8 Å². The van der Waals surface area contributed by atoms with Crippen molar-refractivity contribution in [1.29, 1.82) is 0 Å². The molecule has 0 amide bonds. The number of nitrogens with one attached hydrogen (secondary N) is 1. The topological polar surface area (TPSA) is 33.1 Å². The lowest BCUT2D eigenvalue weighted by Crippen LogP contribution is -2.25. The quantitative estimate of drug-likeness (QED) is 0.684. The second-order valence-corrected chi connectivity index (χ2v) is 4.45. The molecular weight excluding hydrogens is 224 g/mol. The summed E-state index contributed by atoms with van der Waals surface area (Å²) in [6.07, 6.45) is 5.11. The van der Waals surface area contributed by atoms with Crippen LogP contribution >= 0.6 is 0 Å². The van der Waals surface area contributed by atoms with Gasteiger partial charge in [-0.3, -0.25) is 0 Å². The zero-order chi connectivity index (χ0) is 13.4. The number of rotatable bonds is 9. The highest BCUT2D eigenvalue weighted by Crippen LogP contribution is 2.09. The minimum Gasteiger partial charge on any atom is -0.352 e. The lowest BCUT2D eigenvalue weighted by atomic mass is 10.3. The first-order chi connectivity index (χ1) is 8.71. The molecule has 0 saturated carbocycles. The van der Waals surface area contributed by atoms with Crippen LogP contribution in [0.15, 0.2) is 18.9 Å². The van der Waals surface area contributed by atoms with Gasteiger partial charge in [-0.15, -0.1) is 6.58 Å². The molecule has 1 aromatic heterocycles. The molecule has 0 atom stereocenters. The number of aromatic nitrogens is 2. The van der Waals surface area contributed by atoms with E-state index in [9.17, 15) is 0 Å². The molecule has 0 saturated heterocycles. The van der Waals surface area contributed by atoms with Gasteiger partial charge in [0.25, 0.3) is 0 Å². The molecule has 0 aliphatic carbocycles. The van der Waals surface area contributed by atoms with Crippen LogP contribution in [0.1, 0.15) is 26.0 Å². The summed E-state index contributed by atoms with van der Waals surface area (Å²) < 4.78 is 2.20. The summed E-state index contributed by atoms with van der Waals surface area (Å²) in [5.74, 6) is 0.951. The lowest BCUT2D eigenvalue weighted by molar-refractivity contribution is 0.293. The largest absolute Gasteiger partial charge is 0.352 e. The number of nitrogens with zero attached hydrogens (tertiary/aromatic N) is 3. The van der Waals surface area contributed by atoms with Gasteiger partial charge in [-0.1, -0.05) is 19.9 Å². The van der Waals surface area contributed by atoms with Gasteiger partial charge in [-0.25, -0.2) is 4.98 Å². The summed E-state index contributed by atoms with van der Waals surface area (Å²) >= 11 is 0. The van der Waals surface area contributed by atoms with Crippen molar-refractivity contribution in [3.63, 3.8) is 0 Å². The minimum absolute atomic E-state index is 0.756. The predicted octanol–water partition coefficient (Wildman–Crippen LogP) is 2.52. The fraction of sp³-hybridized carbons (Fsp3) is 0.643. The maximum absolute atomic E-state index is 4.48. The van der Waals surface area contributed by atoms with E-state index in [2.05, 4.69) is 46.4 Å². The van der Waals surface area contributed by atoms with Crippen LogP contribution in [0.3, 0.4) is 0 Å². The second-order valence-electron chi connectivity index (χ2n) is 4.45. The van der Waals surface area contributed by atoms with Gasteiger partial charge in [0, 0.05) is 19.3 Å². The molecule has 1 aromatic rings. The normalized spacial score (nSPS) is 10.9. The summed E-state index contributed by atoms with van der Waals surface area (Å²) in [6, 6.07) is 0. The highest BCUT2D eigenvalue weighted by molar-refractivity contribution is 5.29. The number of imidazole rings is 1. The summed E-state index contributed by atoms with van der Waals surface area (Å²) in [7, 11) is 0. The second kappa shape index (κ2) is 7.93. The third-order valence-corrected chi connectivity index (χ3v) is 3.07. The molecule has 0 spiro atoms. The number of hydrogen-bond acceptors (Lipinski definition) is 3. The summed E-state index contributed by atoms with van der Waals surface area (Å²) in [6.45, 7) is 15.3. The molecule has 0 aliphatic rings. The van der Waals surface area contributed by atoms with E-state index < -0.39 is 0 Å². The first-order valence-electron chi connectivity index (χ1n) is 6.82. The van der Waals surface area contributed by atoms with E-state index in [4.69, 9.17) is 0 Å². The molecule has 0 aromatic carbocycles. The van der Waals surface area contributed by atoms with Crippen LogP contribution in [0.25, 0.3) is 0 Å². The van der Waals surface area contributed by atoms with Gasteiger partial charge in [0.2, 0.25) is 5.95 Å². The Morgan fingerprint density at radius 1 is 1.44 bits per heavy atom. The van der Waals surface area contributed by atoms with E-state index in [-0.39, 0.29) is 0 Å². The van der Waals surface area contributed by atoms with Crippen LogP contribution in [0.2, 0.25) is 0 Å². The van der Waals surface area contributed by atoms with Crippen LogP contribution in [-0.2, 0) is 6.54 Å². The number of anilines is 1. The molecule has 0 aliphatic heterocycles. The van der Waals surface area contributed by atoms with Crippen LogP contribution in [0.4, 0.5) is 5.95 Å². The van der Waals surface area contributed by atoms with Gasteiger partial charge in [0.05, 0.1) is 5.69 Å². The average molecular weight is 250 g/mol. The summed E-state index contributed by atoms with van der Waals surface area (Å²) in [4.78, 5) is 6.92. The fourth-order valence-corrected chi connectivity index (χ4v) is 2.03. The van der Waals surface area contributed by atoms with Crippen molar-refractivity contribution in [2.75, 3.05) is 31.5 Å². The SMILES string of the molecule is C=CCNc1nc(C)cn1CCCN(CC)CC. The Morgan fingerprint density at radius 3 is 2.78 bits per heavy atom. The van der Waals surface area contributed by atoms with Crippen molar-refractivity contribution in [2.24, 2.45) is 0 Å². The highest BCUT2D eigenvalue weighted by atomic mass is 15.2. The standard InChI is InChI=1S/C14H26N4/c1-5-9-15-14-16-13(4)12-18(14)11-8-10-17(6-2)7-3/h5,12H,1,6-11H2,2-4H3,(H,15,16). The molecular formula is C14H26N4. The number of aryl methyl sites for hydroxylation is 2. The Hall–Kier alpha value is -1.29. The van der Waals surface area contributed by atoms with E-state index >= 15 is 0 Å². The van der Waals surface area contributed by atoms with Crippen LogP contribution in [0, 0.1) is 6.92 Å². The van der Waals surface area contributed by atoms with Crippen molar-refractivity contribution in [2.45, 2.75) is 33.7 Å². The molecule has 18 heavy (non-hydrogen) atoms. The molecule has 0 bridgehead atoms. The molecule has 1 heterocycles. The number of hydrogen-bond donors (Lipinski definition) is 1. The van der Waals surface area contributed by atoms with Crippen molar-refractivity contribution in [3.8, 4) is 0 Å². The molecule has 0 fully saturated rings. The smallest absolute Gasteiger partial charge is 0.203 e. The first kappa shape index (κ1) is 14.8. The van der Waals surface area contributed by atoms with Crippen molar-refractivity contribution >= 4 is 5.95 Å². The average Bonchev–Trinajstić information content (AvgIpc) is 2.72. The van der Waals surface area contributed by atoms with Gasteiger partial charge in [-0.2, -0.15) is 0 Å². The molecule has 1 rings (SSSR count). The van der Waals surface area contributed by atoms with Gasteiger partial charge in [-0.05, 0) is 33.0 Å². The highest BCUT2D eigenvalue weighted by Gasteiger charge is 2.05. The van der Waals surface area contributed by atoms with E-state index in [1.165, 1.54) is 0 Å². The van der Waals surface area contributed by atoms with Gasteiger partial charge >= 0.3 is 0 Å². The van der Waals surface area contributed by atoms with Crippen LogP contribution in [-0.4, -0.2) is 40.6 Å². The van der Waals surface area contributed by atoms with Crippen molar-refractivity contribution < 1.29 is 0 Å². The molecule has 4 heteroatoms. The Labute approximate surface area is 111 Å². The Balaban J connectivity index is 2.47. The minimum atomic E-state index is 0.756. The molecule has 0 radical (unpaired) electrons. The summed E-state index contributed by atoms with van der Waals surface area (Å²) in [5, 5.41) is 3.27. The van der Waals surface area contributed by atoms with Gasteiger partial charge in [0.15, 0.2) is 0 Å². The van der Waals surface area contributed by atoms with E-state index in [1.54, 1.807) is 0 Å². The Morgan fingerprint density at radius 2 is 2.17 bits per heavy atom. The Kier molecular flexibility index (Phi) is 6.50. The van der Waals surface area contributed by atoms with Crippen molar-refractivity contribution in [1.82, 2.24) is 14.5 Å². The fourth-order valence-electron chi connectivity index (χ4n) is 2.03. The van der Waals surface area contributed by atoms with E-state index in [1.807, 2.05) is 13.0 Å². The predicted molar refractivity (Wildman–Crippen MR) is 78.1 cm³/mol. The summed E-state index contributed by atoms with van der Waals surface area (Å²) in [5.41, 5.74) is 1.06. The lowest BCUT2D eigenvalue weighted by Gasteiger charge is -2.18. The Bertz CT molecular complexity index is 353. The maximum Gasteiger partial charge on any atom is 0.203 e. The van der Waals surface area contributed by atoms with E-state index in [0.717, 1.165) is 50.8 Å². The van der Waals surface area contributed by atoms with E-state index in [0.29, 0.717) is 0 Å². The third kappa shape index (κ3) is 4.53. The van der Waals surface area contributed by atoms with Crippen LogP contribution in [0.5, 0.6) is 0 Å². The zero-order valence-corrected chi connectivity index (χ0v) is 11.9. The maximum atomic E-state index is 4.48. The monoisotopic (exact) mass is 250 g/mol. The zero-order valence-electron chi connectivity index (χ0n) is 11.9. The molecule has 0 unspecified atom stereocenters. The molecule has 102 valence electrons. The first-order valence-corrected chi connectivity index (χ1v) is 6.82. The van der Waals surface area contributed by atoms with Crippen molar-refractivity contribution in [3.05, 3.63) is 24.5 Å².